The summed E-state index contributed by atoms with van der Waals surface area (Å²) in [5.74, 6) is 1.97. The highest BCUT2D eigenvalue weighted by Gasteiger charge is 2.16. The molecule has 0 aliphatic heterocycles. The van der Waals surface area contributed by atoms with Gasteiger partial charge in [0.1, 0.15) is 5.75 Å². The number of rotatable bonds is 6. The molecule has 0 aliphatic rings. The smallest absolute Gasteiger partial charge is 0.222 e. The third-order valence-corrected chi connectivity index (χ3v) is 3.86. The minimum atomic E-state index is 0.574. The fourth-order valence-electron chi connectivity index (χ4n) is 2.55. The lowest BCUT2D eigenvalue weighted by molar-refractivity contribution is 0.397. The van der Waals surface area contributed by atoms with Crippen LogP contribution in [0.2, 0.25) is 0 Å². The molecule has 7 nitrogen and oxygen atoms in total. The van der Waals surface area contributed by atoms with Gasteiger partial charge in [0.05, 0.1) is 35.9 Å². The van der Waals surface area contributed by atoms with Gasteiger partial charge >= 0.3 is 0 Å². The van der Waals surface area contributed by atoms with Crippen molar-refractivity contribution in [1.82, 2.24) is 19.7 Å². The highest BCUT2D eigenvalue weighted by atomic mass is 16.5. The van der Waals surface area contributed by atoms with E-state index >= 15 is 0 Å². The standard InChI is InChI=1S/C18H21N5O2/c1-12-15(11-20-16-7-8-17(24-4)21-13(16)2)18(23(3)22-12)25-14-6-5-9-19-10-14/h5-10,20H,11H2,1-4H3. The molecule has 3 aromatic heterocycles. The summed E-state index contributed by atoms with van der Waals surface area (Å²) in [5, 5.41) is 7.86. The number of hydrogen-bond acceptors (Lipinski definition) is 6. The van der Waals surface area contributed by atoms with Gasteiger partial charge in [-0.15, -0.1) is 0 Å². The third kappa shape index (κ3) is 3.71. The molecule has 130 valence electrons. The Morgan fingerprint density at radius 1 is 1.16 bits per heavy atom. The van der Waals surface area contributed by atoms with E-state index in [0.29, 0.717) is 24.1 Å². The van der Waals surface area contributed by atoms with Crippen molar-refractivity contribution in [1.29, 1.82) is 0 Å². The topological polar surface area (TPSA) is 74.1 Å². The first-order chi connectivity index (χ1) is 12.1. The number of ether oxygens (including phenoxy) is 2. The molecule has 25 heavy (non-hydrogen) atoms. The predicted octanol–water partition coefficient (Wildman–Crippen LogP) is 3.24. The van der Waals surface area contributed by atoms with Crippen LogP contribution in [0.4, 0.5) is 5.69 Å². The van der Waals surface area contributed by atoms with Crippen molar-refractivity contribution in [3.05, 3.63) is 53.6 Å². The molecular formula is C18H21N5O2. The van der Waals surface area contributed by atoms with Crippen molar-refractivity contribution in [2.75, 3.05) is 12.4 Å². The summed E-state index contributed by atoms with van der Waals surface area (Å²) in [5.41, 5.74) is 3.71. The minimum Gasteiger partial charge on any atom is -0.481 e. The fourth-order valence-corrected chi connectivity index (χ4v) is 2.55. The molecule has 0 aromatic carbocycles. The van der Waals surface area contributed by atoms with Crippen molar-refractivity contribution in [3.8, 4) is 17.5 Å². The Kier molecular flexibility index (Phi) is 4.83. The van der Waals surface area contributed by atoms with Crippen LogP contribution in [0.15, 0.2) is 36.7 Å². The van der Waals surface area contributed by atoms with Crippen LogP contribution >= 0.6 is 0 Å². The molecule has 0 aliphatic carbocycles. The van der Waals surface area contributed by atoms with Crippen LogP contribution in [0.25, 0.3) is 0 Å². The van der Waals surface area contributed by atoms with Gasteiger partial charge in [-0.05, 0) is 32.0 Å². The SMILES string of the molecule is COc1ccc(NCc2c(C)nn(C)c2Oc2cccnc2)c(C)n1. The highest BCUT2D eigenvalue weighted by Crippen LogP contribution is 2.28. The largest absolute Gasteiger partial charge is 0.481 e. The summed E-state index contributed by atoms with van der Waals surface area (Å²) in [7, 11) is 3.47. The number of hydrogen-bond donors (Lipinski definition) is 1. The van der Waals surface area contributed by atoms with Gasteiger partial charge < -0.3 is 14.8 Å². The first-order valence-corrected chi connectivity index (χ1v) is 7.94. The van der Waals surface area contributed by atoms with E-state index in [-0.39, 0.29) is 0 Å². The van der Waals surface area contributed by atoms with Crippen molar-refractivity contribution in [3.63, 3.8) is 0 Å². The summed E-state index contributed by atoms with van der Waals surface area (Å²) in [6.07, 6.45) is 3.39. The Hall–Kier alpha value is -3.09. The van der Waals surface area contributed by atoms with Crippen LogP contribution in [-0.2, 0) is 13.6 Å². The Labute approximate surface area is 146 Å². The summed E-state index contributed by atoms with van der Waals surface area (Å²) >= 11 is 0. The van der Waals surface area contributed by atoms with Gasteiger partial charge in [0.15, 0.2) is 0 Å². The second-order valence-electron chi connectivity index (χ2n) is 5.62. The maximum absolute atomic E-state index is 5.98. The predicted molar refractivity (Wildman–Crippen MR) is 95.1 cm³/mol. The van der Waals surface area contributed by atoms with E-state index < -0.39 is 0 Å². The van der Waals surface area contributed by atoms with E-state index in [4.69, 9.17) is 9.47 Å². The van der Waals surface area contributed by atoms with Crippen LogP contribution in [0.5, 0.6) is 17.5 Å². The molecule has 0 bridgehead atoms. The zero-order chi connectivity index (χ0) is 17.8. The molecule has 0 fully saturated rings. The van der Waals surface area contributed by atoms with E-state index in [1.165, 1.54) is 0 Å². The van der Waals surface area contributed by atoms with Crippen molar-refractivity contribution >= 4 is 5.69 Å². The summed E-state index contributed by atoms with van der Waals surface area (Å²) < 4.78 is 12.9. The molecule has 1 N–H and O–H groups in total. The molecule has 0 amide bonds. The normalized spacial score (nSPS) is 10.6. The van der Waals surface area contributed by atoms with Gasteiger partial charge in [-0.1, -0.05) is 0 Å². The second-order valence-corrected chi connectivity index (χ2v) is 5.62. The van der Waals surface area contributed by atoms with Gasteiger partial charge in [0.2, 0.25) is 11.8 Å². The molecule has 3 rings (SSSR count). The molecular weight excluding hydrogens is 318 g/mol. The summed E-state index contributed by atoms with van der Waals surface area (Å²) in [6, 6.07) is 7.49. The number of aromatic nitrogens is 4. The maximum Gasteiger partial charge on any atom is 0.222 e. The first kappa shape index (κ1) is 16.8. The Morgan fingerprint density at radius 3 is 2.68 bits per heavy atom. The molecule has 0 saturated carbocycles. The van der Waals surface area contributed by atoms with E-state index in [0.717, 1.165) is 22.6 Å². The van der Waals surface area contributed by atoms with Gasteiger partial charge in [-0.25, -0.2) is 9.67 Å². The zero-order valence-electron chi connectivity index (χ0n) is 14.8. The minimum absolute atomic E-state index is 0.574. The lowest BCUT2D eigenvalue weighted by Crippen LogP contribution is -2.05. The fraction of sp³-hybridized carbons (Fsp3) is 0.278. The van der Waals surface area contributed by atoms with Crippen LogP contribution in [-0.4, -0.2) is 26.9 Å². The van der Waals surface area contributed by atoms with Crippen LogP contribution in [0.1, 0.15) is 17.0 Å². The van der Waals surface area contributed by atoms with Gasteiger partial charge in [0, 0.05) is 25.9 Å². The van der Waals surface area contributed by atoms with E-state index in [1.807, 2.05) is 45.2 Å². The lowest BCUT2D eigenvalue weighted by Gasteiger charge is -2.12. The van der Waals surface area contributed by atoms with Gasteiger partial charge in [-0.2, -0.15) is 5.10 Å². The molecule has 0 spiro atoms. The lowest BCUT2D eigenvalue weighted by atomic mass is 10.2. The number of methoxy groups -OCH3 is 1. The molecule has 0 radical (unpaired) electrons. The van der Waals surface area contributed by atoms with Crippen molar-refractivity contribution in [2.45, 2.75) is 20.4 Å². The van der Waals surface area contributed by atoms with Crippen molar-refractivity contribution in [2.24, 2.45) is 7.05 Å². The average Bonchev–Trinajstić information content (AvgIpc) is 2.88. The Balaban J connectivity index is 1.81. The number of anilines is 1. The highest BCUT2D eigenvalue weighted by molar-refractivity contribution is 5.50. The maximum atomic E-state index is 5.98. The monoisotopic (exact) mass is 339 g/mol. The van der Waals surface area contributed by atoms with Gasteiger partial charge in [0.25, 0.3) is 0 Å². The average molecular weight is 339 g/mol. The number of nitrogens with one attached hydrogen (secondary N) is 1. The number of aryl methyl sites for hydroxylation is 3. The summed E-state index contributed by atoms with van der Waals surface area (Å²) in [4.78, 5) is 8.45. The molecule has 3 aromatic rings. The quantitative estimate of drug-likeness (QED) is 0.743. The first-order valence-electron chi connectivity index (χ1n) is 7.94. The van der Waals surface area contributed by atoms with Crippen LogP contribution < -0.4 is 14.8 Å². The molecule has 0 saturated heterocycles. The Morgan fingerprint density at radius 2 is 2.00 bits per heavy atom. The third-order valence-electron chi connectivity index (χ3n) is 3.86. The second kappa shape index (κ2) is 7.21. The molecule has 0 unspecified atom stereocenters. The Bertz CT molecular complexity index is 861. The zero-order valence-corrected chi connectivity index (χ0v) is 14.8. The molecule has 3 heterocycles. The van der Waals surface area contributed by atoms with E-state index in [2.05, 4.69) is 20.4 Å². The molecule has 7 heteroatoms. The van der Waals surface area contributed by atoms with Gasteiger partial charge in [-0.3, -0.25) is 4.98 Å². The van der Waals surface area contributed by atoms with Crippen LogP contribution in [0, 0.1) is 13.8 Å². The molecule has 0 atom stereocenters. The van der Waals surface area contributed by atoms with E-state index in [9.17, 15) is 0 Å². The van der Waals surface area contributed by atoms with E-state index in [1.54, 1.807) is 24.2 Å². The van der Waals surface area contributed by atoms with Crippen LogP contribution in [0.3, 0.4) is 0 Å². The van der Waals surface area contributed by atoms with Crippen molar-refractivity contribution < 1.29 is 9.47 Å². The number of pyridine rings is 2. The summed E-state index contributed by atoms with van der Waals surface area (Å²) in [6.45, 7) is 4.48. The number of nitrogens with zero attached hydrogens (tertiary/aromatic N) is 4.